The predicted octanol–water partition coefficient (Wildman–Crippen LogP) is 4.08. The Labute approximate surface area is 176 Å². The fraction of sp³-hybridized carbons (Fsp3) is 0.952. The summed E-state index contributed by atoms with van der Waals surface area (Å²) in [5.74, 6) is 0.153. The average Bonchev–Trinajstić information content (AvgIpc) is 2.70. The molecule has 7 nitrogen and oxygen atoms in total. The van der Waals surface area contributed by atoms with Gasteiger partial charge in [-0.2, -0.15) is 0 Å². The van der Waals surface area contributed by atoms with Crippen molar-refractivity contribution in [1.82, 2.24) is 5.32 Å². The summed E-state index contributed by atoms with van der Waals surface area (Å²) in [5.41, 5.74) is -1.64. The van der Waals surface area contributed by atoms with E-state index in [2.05, 4.69) is 5.32 Å². The number of rotatable bonds is 6. The molecule has 1 aliphatic heterocycles. The topological polar surface area (TPSA) is 90.7 Å². The van der Waals surface area contributed by atoms with Crippen LogP contribution in [0.25, 0.3) is 0 Å². The summed E-state index contributed by atoms with van der Waals surface area (Å²) in [5, 5.41) is 14.2. The zero-order valence-electron chi connectivity index (χ0n) is 19.5. The van der Waals surface area contributed by atoms with Crippen LogP contribution in [0.15, 0.2) is 0 Å². The van der Waals surface area contributed by atoms with Crippen LogP contribution >= 0.6 is 0 Å². The molecule has 1 aliphatic carbocycles. The van der Waals surface area contributed by atoms with Crippen molar-refractivity contribution >= 4 is 13.0 Å². The molecule has 2 rings (SSSR count). The number of nitro groups is 1. The lowest BCUT2D eigenvalue weighted by molar-refractivity contribution is -0.489. The van der Waals surface area contributed by atoms with Crippen molar-refractivity contribution in [2.75, 3.05) is 6.54 Å². The van der Waals surface area contributed by atoms with Gasteiger partial charge in [0.15, 0.2) is 0 Å². The second-order valence-corrected chi connectivity index (χ2v) is 11.4. The van der Waals surface area contributed by atoms with Gasteiger partial charge in [-0.15, -0.1) is 0 Å². The first-order chi connectivity index (χ1) is 13.0. The molecule has 3 atom stereocenters. The van der Waals surface area contributed by atoms with E-state index in [9.17, 15) is 14.9 Å². The SMILES string of the molecule is CC(C)(C)NC(=O)C1(C)C[C@H](CCB2OC(C)(C)C(C)(C)O2)C[C@@H](C[N+](=O)[O-])C1. The molecule has 1 unspecified atom stereocenters. The third-order valence-electron chi connectivity index (χ3n) is 6.70. The molecule has 2 fully saturated rings. The highest BCUT2D eigenvalue weighted by molar-refractivity contribution is 6.45. The molecule has 0 spiro atoms. The van der Waals surface area contributed by atoms with Crippen molar-refractivity contribution in [1.29, 1.82) is 0 Å². The maximum atomic E-state index is 13.0. The van der Waals surface area contributed by atoms with Gasteiger partial charge in [-0.3, -0.25) is 14.9 Å². The number of amides is 1. The van der Waals surface area contributed by atoms with Crippen molar-refractivity contribution < 1.29 is 19.0 Å². The monoisotopic (exact) mass is 410 g/mol. The quantitative estimate of drug-likeness (QED) is 0.405. The standard InChI is InChI=1S/C21H39BN2O5/c1-18(2,3)23-17(25)21(8)12-15(11-16(13-21)14-24(26)27)9-10-22-28-19(4,5)20(6,7)29-22/h15-16H,9-14H2,1-8H3,(H,23,25)/t15-,16-,21?/m1/s1. The van der Waals surface area contributed by atoms with Crippen molar-refractivity contribution in [2.45, 2.75) is 104 Å². The molecule has 166 valence electrons. The van der Waals surface area contributed by atoms with E-state index in [1.807, 2.05) is 55.4 Å². The van der Waals surface area contributed by atoms with Gasteiger partial charge >= 0.3 is 7.12 Å². The fourth-order valence-electron chi connectivity index (χ4n) is 4.70. The smallest absolute Gasteiger partial charge is 0.403 e. The second-order valence-electron chi connectivity index (χ2n) is 11.4. The minimum Gasteiger partial charge on any atom is -0.403 e. The molecule has 1 N–H and O–H groups in total. The van der Waals surface area contributed by atoms with Crippen molar-refractivity contribution in [2.24, 2.45) is 17.3 Å². The van der Waals surface area contributed by atoms with Gasteiger partial charge in [0.05, 0.1) is 11.2 Å². The molecule has 0 aromatic carbocycles. The van der Waals surface area contributed by atoms with E-state index in [1.54, 1.807) is 0 Å². The Kier molecular flexibility index (Phi) is 6.80. The van der Waals surface area contributed by atoms with Crippen LogP contribution in [0.3, 0.4) is 0 Å². The molecule has 29 heavy (non-hydrogen) atoms. The van der Waals surface area contributed by atoms with Crippen molar-refractivity contribution in [3.63, 3.8) is 0 Å². The van der Waals surface area contributed by atoms with Crippen LogP contribution in [0.4, 0.5) is 0 Å². The van der Waals surface area contributed by atoms with Crippen molar-refractivity contribution in [3.05, 3.63) is 10.1 Å². The van der Waals surface area contributed by atoms with E-state index >= 15 is 0 Å². The number of nitrogens with one attached hydrogen (secondary N) is 1. The summed E-state index contributed by atoms with van der Waals surface area (Å²) in [7, 11) is -0.273. The van der Waals surface area contributed by atoms with Gasteiger partial charge in [0.1, 0.15) is 0 Å². The molecular weight excluding hydrogens is 371 g/mol. The molecular formula is C21H39BN2O5. The first-order valence-corrected chi connectivity index (χ1v) is 10.8. The Balaban J connectivity index is 2.06. The summed E-state index contributed by atoms with van der Waals surface area (Å²) in [4.78, 5) is 23.9. The predicted molar refractivity (Wildman–Crippen MR) is 114 cm³/mol. The van der Waals surface area contributed by atoms with Crippen LogP contribution in [-0.2, 0) is 14.1 Å². The lowest BCUT2D eigenvalue weighted by Crippen LogP contribution is -2.51. The molecule has 2 aliphatic rings. The van der Waals surface area contributed by atoms with Crippen LogP contribution in [0.1, 0.15) is 81.1 Å². The summed E-state index contributed by atoms with van der Waals surface area (Å²) in [6.45, 7) is 15.9. The van der Waals surface area contributed by atoms with Crippen LogP contribution in [0.2, 0.25) is 6.32 Å². The zero-order chi connectivity index (χ0) is 22.3. The number of hydrogen-bond acceptors (Lipinski definition) is 5. The molecule has 0 aromatic heterocycles. The maximum Gasteiger partial charge on any atom is 0.457 e. The molecule has 1 saturated heterocycles. The van der Waals surface area contributed by atoms with E-state index in [1.165, 1.54) is 0 Å². The van der Waals surface area contributed by atoms with Crippen LogP contribution < -0.4 is 5.32 Å². The normalized spacial score (nSPS) is 31.5. The average molecular weight is 410 g/mol. The van der Waals surface area contributed by atoms with Gasteiger partial charge in [0.2, 0.25) is 12.5 Å². The molecule has 0 aromatic rings. The van der Waals surface area contributed by atoms with Crippen LogP contribution in [-0.4, -0.2) is 41.2 Å². The van der Waals surface area contributed by atoms with Crippen molar-refractivity contribution in [3.8, 4) is 0 Å². The first kappa shape index (κ1) is 24.1. The number of carbonyl (C=O) groups excluding carboxylic acids is 1. The molecule has 1 saturated carbocycles. The van der Waals surface area contributed by atoms with E-state index in [4.69, 9.17) is 9.31 Å². The lowest BCUT2D eigenvalue weighted by Gasteiger charge is -2.41. The Morgan fingerprint density at radius 2 is 1.62 bits per heavy atom. The highest BCUT2D eigenvalue weighted by Crippen LogP contribution is 2.45. The second kappa shape index (κ2) is 8.18. The summed E-state index contributed by atoms with van der Waals surface area (Å²) in [6.07, 6.45) is 3.65. The number of nitrogens with zero attached hydrogens (tertiary/aromatic N) is 1. The van der Waals surface area contributed by atoms with Gasteiger partial charge in [0.25, 0.3) is 0 Å². The van der Waals surface area contributed by atoms with E-state index in [0.717, 1.165) is 25.6 Å². The van der Waals surface area contributed by atoms with E-state index < -0.39 is 5.41 Å². The molecule has 8 heteroatoms. The van der Waals surface area contributed by atoms with E-state index in [0.29, 0.717) is 6.42 Å². The zero-order valence-corrected chi connectivity index (χ0v) is 19.5. The summed E-state index contributed by atoms with van der Waals surface area (Å²) < 4.78 is 12.2. The van der Waals surface area contributed by atoms with E-state index in [-0.39, 0.29) is 53.1 Å². The lowest BCUT2D eigenvalue weighted by atomic mass is 9.63. The van der Waals surface area contributed by atoms with Gasteiger partial charge in [-0.25, -0.2) is 0 Å². The Morgan fingerprint density at radius 3 is 2.10 bits per heavy atom. The van der Waals surface area contributed by atoms with Crippen LogP contribution in [0.5, 0.6) is 0 Å². The Morgan fingerprint density at radius 1 is 1.10 bits per heavy atom. The first-order valence-electron chi connectivity index (χ1n) is 10.8. The highest BCUT2D eigenvalue weighted by Gasteiger charge is 2.51. The third-order valence-corrected chi connectivity index (χ3v) is 6.70. The largest absolute Gasteiger partial charge is 0.457 e. The van der Waals surface area contributed by atoms with Gasteiger partial charge in [0, 0.05) is 21.8 Å². The summed E-state index contributed by atoms with van der Waals surface area (Å²) >= 11 is 0. The maximum absolute atomic E-state index is 13.0. The Hall–Kier alpha value is -1.15. The number of hydrogen-bond donors (Lipinski definition) is 1. The highest BCUT2D eigenvalue weighted by atomic mass is 16.7. The summed E-state index contributed by atoms with van der Waals surface area (Å²) in [6, 6.07) is 0. The number of carbonyl (C=O) groups is 1. The van der Waals surface area contributed by atoms with Crippen LogP contribution in [0, 0.1) is 27.4 Å². The third kappa shape index (κ3) is 6.17. The van der Waals surface area contributed by atoms with Gasteiger partial charge in [-0.1, -0.05) is 13.3 Å². The molecule has 0 bridgehead atoms. The minimum absolute atomic E-state index is 0.00122. The molecule has 0 radical (unpaired) electrons. The Bertz CT molecular complexity index is 615. The fourth-order valence-corrected chi connectivity index (χ4v) is 4.70. The molecule has 1 amide bonds. The van der Waals surface area contributed by atoms with Gasteiger partial charge in [-0.05, 0) is 80.0 Å². The minimum atomic E-state index is -0.590. The van der Waals surface area contributed by atoms with Gasteiger partial charge < -0.3 is 14.6 Å². The molecule has 1 heterocycles.